The fraction of sp³-hybridized carbons (Fsp3) is 0.913. The number of piperidine rings is 1. The van der Waals surface area contributed by atoms with Gasteiger partial charge in [0, 0.05) is 53.0 Å². The topological polar surface area (TPSA) is 75.6 Å². The number of hydrogen-bond acceptors (Lipinski definition) is 5. The highest BCUT2D eigenvalue weighted by molar-refractivity contribution is 14.0. The SMILES string of the molecule is CCN(CC1CCN(C(=NC)NCCCOCC2CCCO2)CC1)C(=O)OC(C)(C)C.I. The van der Waals surface area contributed by atoms with Gasteiger partial charge < -0.3 is 29.3 Å². The Balaban J connectivity index is 0.00000512. The van der Waals surface area contributed by atoms with Gasteiger partial charge in [0.15, 0.2) is 5.96 Å². The number of halogens is 1. The Bertz CT molecular complexity index is 557. The zero-order valence-electron chi connectivity index (χ0n) is 20.7. The first-order valence-electron chi connectivity index (χ1n) is 11.9. The minimum absolute atomic E-state index is 0. The minimum Gasteiger partial charge on any atom is -0.444 e. The van der Waals surface area contributed by atoms with Crippen LogP contribution in [0.3, 0.4) is 0 Å². The first-order chi connectivity index (χ1) is 14.8. The lowest BCUT2D eigenvalue weighted by molar-refractivity contribution is 0.0168. The van der Waals surface area contributed by atoms with Crippen molar-refractivity contribution in [3.63, 3.8) is 0 Å². The number of carbonyl (C=O) groups excluding carboxylic acids is 1. The van der Waals surface area contributed by atoms with Crippen LogP contribution in [-0.4, -0.2) is 93.1 Å². The second kappa shape index (κ2) is 15.2. The van der Waals surface area contributed by atoms with Gasteiger partial charge in [-0.25, -0.2) is 4.79 Å². The second-order valence-corrected chi connectivity index (χ2v) is 9.49. The van der Waals surface area contributed by atoms with E-state index in [1.165, 1.54) is 0 Å². The number of guanidine groups is 1. The highest BCUT2D eigenvalue weighted by Gasteiger charge is 2.27. The summed E-state index contributed by atoms with van der Waals surface area (Å²) in [7, 11) is 1.84. The van der Waals surface area contributed by atoms with Gasteiger partial charge in [0.25, 0.3) is 0 Å². The Kier molecular flexibility index (Phi) is 13.8. The van der Waals surface area contributed by atoms with Gasteiger partial charge >= 0.3 is 6.09 Å². The molecule has 2 aliphatic heterocycles. The summed E-state index contributed by atoms with van der Waals surface area (Å²) < 4.78 is 16.8. The van der Waals surface area contributed by atoms with Crippen molar-refractivity contribution in [2.24, 2.45) is 10.9 Å². The molecule has 2 rings (SSSR count). The molecule has 9 heteroatoms. The van der Waals surface area contributed by atoms with Gasteiger partial charge in [-0.2, -0.15) is 0 Å². The predicted molar refractivity (Wildman–Crippen MR) is 139 cm³/mol. The van der Waals surface area contributed by atoms with Gasteiger partial charge in [0.1, 0.15) is 5.60 Å². The van der Waals surface area contributed by atoms with E-state index < -0.39 is 5.60 Å². The molecule has 0 spiro atoms. The Hall–Kier alpha value is -0.810. The number of aliphatic imine (C=N–C) groups is 1. The van der Waals surface area contributed by atoms with Crippen LogP contribution >= 0.6 is 24.0 Å². The standard InChI is InChI=1S/C23H44N4O4.HI/c1-6-26(22(28)31-23(2,3)4)17-19-10-13-27(14-11-19)21(24-5)25-12-8-15-29-18-20-9-7-16-30-20;/h19-20H,6-18H2,1-5H3,(H,24,25);1H. The fourth-order valence-electron chi connectivity index (χ4n) is 4.00. The molecule has 2 aliphatic rings. The Morgan fingerprint density at radius 1 is 1.25 bits per heavy atom. The van der Waals surface area contributed by atoms with Crippen LogP contribution in [0.1, 0.15) is 59.8 Å². The zero-order chi connectivity index (χ0) is 22.7. The number of nitrogens with one attached hydrogen (secondary N) is 1. The van der Waals surface area contributed by atoms with Crippen LogP contribution in [0.2, 0.25) is 0 Å². The lowest BCUT2D eigenvalue weighted by Gasteiger charge is -2.36. The number of hydrogen-bond donors (Lipinski definition) is 1. The maximum atomic E-state index is 12.4. The highest BCUT2D eigenvalue weighted by Crippen LogP contribution is 2.20. The van der Waals surface area contributed by atoms with E-state index in [0.717, 1.165) is 77.5 Å². The second-order valence-electron chi connectivity index (χ2n) is 9.49. The Labute approximate surface area is 211 Å². The largest absolute Gasteiger partial charge is 0.444 e. The molecule has 0 aromatic carbocycles. The van der Waals surface area contributed by atoms with Crippen LogP contribution in [0.25, 0.3) is 0 Å². The highest BCUT2D eigenvalue weighted by atomic mass is 127. The maximum absolute atomic E-state index is 12.4. The molecule has 2 heterocycles. The van der Waals surface area contributed by atoms with Crippen LogP contribution in [0.4, 0.5) is 4.79 Å². The molecule has 32 heavy (non-hydrogen) atoms. The molecule has 1 N–H and O–H groups in total. The molecular formula is C23H45IN4O4. The van der Waals surface area contributed by atoms with Gasteiger partial charge in [-0.3, -0.25) is 4.99 Å². The van der Waals surface area contributed by atoms with Crippen molar-refractivity contribution in [1.29, 1.82) is 0 Å². The van der Waals surface area contributed by atoms with Gasteiger partial charge in [0.2, 0.25) is 0 Å². The molecule has 0 bridgehead atoms. The zero-order valence-corrected chi connectivity index (χ0v) is 23.1. The average molecular weight is 569 g/mol. The van der Waals surface area contributed by atoms with Crippen LogP contribution < -0.4 is 5.32 Å². The van der Waals surface area contributed by atoms with Crippen molar-refractivity contribution >= 4 is 36.0 Å². The fourth-order valence-corrected chi connectivity index (χ4v) is 4.00. The van der Waals surface area contributed by atoms with E-state index in [2.05, 4.69) is 15.2 Å². The minimum atomic E-state index is -0.457. The average Bonchev–Trinajstić information content (AvgIpc) is 3.24. The quantitative estimate of drug-likeness (QED) is 0.198. The summed E-state index contributed by atoms with van der Waals surface area (Å²) in [6.07, 6.45) is 5.39. The molecule has 0 saturated carbocycles. The summed E-state index contributed by atoms with van der Waals surface area (Å²) in [5, 5.41) is 3.46. The van der Waals surface area contributed by atoms with Gasteiger partial charge in [-0.15, -0.1) is 24.0 Å². The molecule has 0 radical (unpaired) electrons. The van der Waals surface area contributed by atoms with E-state index in [9.17, 15) is 4.79 Å². The number of nitrogens with zero attached hydrogens (tertiary/aromatic N) is 3. The number of likely N-dealkylation sites (tertiary alicyclic amines) is 1. The van der Waals surface area contributed by atoms with Crippen LogP contribution in [0, 0.1) is 5.92 Å². The van der Waals surface area contributed by atoms with Crippen molar-refractivity contribution in [3.05, 3.63) is 0 Å². The summed E-state index contributed by atoms with van der Waals surface area (Å²) in [5.41, 5.74) is -0.457. The molecule has 0 aliphatic carbocycles. The summed E-state index contributed by atoms with van der Waals surface area (Å²) in [6, 6.07) is 0. The monoisotopic (exact) mass is 568 g/mol. The molecular weight excluding hydrogens is 523 g/mol. The van der Waals surface area contributed by atoms with E-state index in [4.69, 9.17) is 14.2 Å². The van der Waals surface area contributed by atoms with Crippen molar-refractivity contribution in [2.45, 2.75) is 71.5 Å². The lowest BCUT2D eigenvalue weighted by Crippen LogP contribution is -2.48. The van der Waals surface area contributed by atoms with E-state index >= 15 is 0 Å². The third-order valence-electron chi connectivity index (χ3n) is 5.71. The van der Waals surface area contributed by atoms with E-state index in [1.54, 1.807) is 0 Å². The first kappa shape index (κ1) is 29.2. The molecule has 2 saturated heterocycles. The predicted octanol–water partition coefficient (Wildman–Crippen LogP) is 3.73. The lowest BCUT2D eigenvalue weighted by atomic mass is 9.96. The van der Waals surface area contributed by atoms with Crippen molar-refractivity contribution in [3.8, 4) is 0 Å². The maximum Gasteiger partial charge on any atom is 0.410 e. The van der Waals surface area contributed by atoms with Crippen LogP contribution in [0.15, 0.2) is 4.99 Å². The molecule has 2 fully saturated rings. The molecule has 188 valence electrons. The summed E-state index contributed by atoms with van der Waals surface area (Å²) >= 11 is 0. The molecule has 0 aromatic heterocycles. The number of ether oxygens (including phenoxy) is 3. The molecule has 0 aromatic rings. The molecule has 8 nitrogen and oxygen atoms in total. The number of carbonyl (C=O) groups is 1. The smallest absolute Gasteiger partial charge is 0.410 e. The first-order valence-corrected chi connectivity index (χ1v) is 11.9. The van der Waals surface area contributed by atoms with Crippen molar-refractivity contribution in [2.75, 3.05) is 59.6 Å². The molecule has 1 amide bonds. The van der Waals surface area contributed by atoms with Crippen LogP contribution in [-0.2, 0) is 14.2 Å². The summed E-state index contributed by atoms with van der Waals surface area (Å²) in [4.78, 5) is 21.0. The van der Waals surface area contributed by atoms with Gasteiger partial charge in [0.05, 0.1) is 12.7 Å². The van der Waals surface area contributed by atoms with Crippen molar-refractivity contribution < 1.29 is 19.0 Å². The Morgan fingerprint density at radius 3 is 2.53 bits per heavy atom. The Morgan fingerprint density at radius 2 is 1.97 bits per heavy atom. The van der Waals surface area contributed by atoms with Gasteiger partial charge in [-0.1, -0.05) is 0 Å². The van der Waals surface area contributed by atoms with E-state index in [0.29, 0.717) is 25.2 Å². The third kappa shape index (κ3) is 10.9. The number of amides is 1. The molecule has 1 atom stereocenters. The normalized spacial score (nSPS) is 20.1. The van der Waals surface area contributed by atoms with Crippen LogP contribution in [0.5, 0.6) is 0 Å². The van der Waals surface area contributed by atoms with Gasteiger partial charge in [-0.05, 0) is 65.7 Å². The summed E-state index contributed by atoms with van der Waals surface area (Å²) in [6.45, 7) is 14.2. The third-order valence-corrected chi connectivity index (χ3v) is 5.71. The van der Waals surface area contributed by atoms with E-state index in [1.807, 2.05) is 39.6 Å². The van der Waals surface area contributed by atoms with E-state index in [-0.39, 0.29) is 30.1 Å². The summed E-state index contributed by atoms with van der Waals surface area (Å²) in [5.74, 6) is 1.45. The molecule has 1 unspecified atom stereocenters. The van der Waals surface area contributed by atoms with Crippen molar-refractivity contribution in [1.82, 2.24) is 15.1 Å². The number of rotatable bonds is 9.